The van der Waals surface area contributed by atoms with E-state index >= 15 is 0 Å². The van der Waals surface area contributed by atoms with E-state index in [9.17, 15) is 4.79 Å². The molecule has 0 aromatic carbocycles. The van der Waals surface area contributed by atoms with Crippen molar-refractivity contribution in [2.75, 3.05) is 13.1 Å². The normalized spacial score (nSPS) is 15.0. The molecule has 7 nitrogen and oxygen atoms in total. The lowest BCUT2D eigenvalue weighted by Gasteiger charge is -2.39. The summed E-state index contributed by atoms with van der Waals surface area (Å²) in [4.78, 5) is 27.1. The van der Waals surface area contributed by atoms with Crippen LogP contribution in [0.4, 0.5) is 0 Å². The fourth-order valence-electron chi connectivity index (χ4n) is 3.24. The molecule has 132 valence electrons. The van der Waals surface area contributed by atoms with Crippen molar-refractivity contribution in [1.82, 2.24) is 29.6 Å². The summed E-state index contributed by atoms with van der Waals surface area (Å²) in [6.07, 6.45) is 5.25. The maximum atomic E-state index is 12.1. The number of aryl methyl sites for hydroxylation is 1. The Labute approximate surface area is 151 Å². The molecule has 1 fully saturated rings. The van der Waals surface area contributed by atoms with E-state index in [0.29, 0.717) is 12.5 Å². The van der Waals surface area contributed by atoms with Gasteiger partial charge in [0.15, 0.2) is 0 Å². The summed E-state index contributed by atoms with van der Waals surface area (Å²) in [5.41, 5.74) is 2.72. The van der Waals surface area contributed by atoms with Gasteiger partial charge in [-0.05, 0) is 31.2 Å². The van der Waals surface area contributed by atoms with Gasteiger partial charge >= 0.3 is 0 Å². The van der Waals surface area contributed by atoms with Gasteiger partial charge in [0, 0.05) is 55.8 Å². The van der Waals surface area contributed by atoms with E-state index in [4.69, 9.17) is 0 Å². The molecule has 1 aliphatic rings. The van der Waals surface area contributed by atoms with Crippen LogP contribution in [-0.2, 0) is 13.1 Å². The predicted molar refractivity (Wildman–Crippen MR) is 97.3 cm³/mol. The van der Waals surface area contributed by atoms with Crippen molar-refractivity contribution in [3.05, 3.63) is 70.8 Å². The first-order chi connectivity index (χ1) is 12.7. The molecule has 0 atom stereocenters. The van der Waals surface area contributed by atoms with Gasteiger partial charge in [0.1, 0.15) is 5.82 Å². The van der Waals surface area contributed by atoms with Gasteiger partial charge in [-0.2, -0.15) is 5.10 Å². The van der Waals surface area contributed by atoms with Crippen LogP contribution in [-0.4, -0.2) is 42.7 Å². The largest absolute Gasteiger partial charge is 0.297 e. The highest BCUT2D eigenvalue weighted by Gasteiger charge is 2.27. The fraction of sp³-hybridized carbons (Fsp3) is 0.316. The summed E-state index contributed by atoms with van der Waals surface area (Å²) in [6, 6.07) is 9.09. The molecule has 0 amide bonds. The fourth-order valence-corrected chi connectivity index (χ4v) is 3.24. The number of hydrogen-bond acceptors (Lipinski definition) is 6. The average molecular weight is 348 g/mol. The second kappa shape index (κ2) is 7.13. The Balaban J connectivity index is 1.39. The summed E-state index contributed by atoms with van der Waals surface area (Å²) >= 11 is 0. The first-order valence-corrected chi connectivity index (χ1v) is 8.67. The topological polar surface area (TPSA) is 76.8 Å². The van der Waals surface area contributed by atoms with Gasteiger partial charge in [-0.1, -0.05) is 0 Å². The first kappa shape index (κ1) is 16.5. The lowest BCUT2D eigenvalue weighted by atomic mass is 10.00. The average Bonchev–Trinajstić information content (AvgIpc) is 2.62. The lowest BCUT2D eigenvalue weighted by Crippen LogP contribution is -2.49. The minimum absolute atomic E-state index is 0.0623. The van der Waals surface area contributed by atoms with E-state index in [1.54, 1.807) is 35.4 Å². The van der Waals surface area contributed by atoms with Crippen molar-refractivity contribution in [3.8, 4) is 11.3 Å². The Morgan fingerprint density at radius 2 is 1.88 bits per heavy atom. The Kier molecular flexibility index (Phi) is 4.53. The van der Waals surface area contributed by atoms with E-state index < -0.39 is 0 Å². The van der Waals surface area contributed by atoms with Crippen LogP contribution in [0.1, 0.15) is 11.5 Å². The molecule has 0 saturated carbocycles. The number of nitrogens with zero attached hydrogens (tertiary/aromatic N) is 6. The summed E-state index contributed by atoms with van der Waals surface area (Å²) in [7, 11) is 0. The van der Waals surface area contributed by atoms with Crippen LogP contribution in [0.3, 0.4) is 0 Å². The summed E-state index contributed by atoms with van der Waals surface area (Å²) < 4.78 is 1.58. The third-order valence-electron chi connectivity index (χ3n) is 4.53. The standard InChI is InChI=1S/C19H20N6O/c1-14-21-9-6-17(22-14)13-24-10-15(11-24)12-25-19(26)3-2-18(23-25)16-4-7-20-8-5-16/h2-9,15H,10-13H2,1H3. The van der Waals surface area contributed by atoms with Crippen molar-refractivity contribution < 1.29 is 0 Å². The molecule has 0 radical (unpaired) electrons. The van der Waals surface area contributed by atoms with Crippen LogP contribution in [0, 0.1) is 12.8 Å². The molecule has 26 heavy (non-hydrogen) atoms. The van der Waals surface area contributed by atoms with Crippen LogP contribution in [0.5, 0.6) is 0 Å². The molecule has 0 N–H and O–H groups in total. The van der Waals surface area contributed by atoms with Crippen molar-refractivity contribution >= 4 is 0 Å². The Morgan fingerprint density at radius 1 is 1.08 bits per heavy atom. The van der Waals surface area contributed by atoms with Gasteiger partial charge in [0.25, 0.3) is 5.56 Å². The molecule has 7 heteroatoms. The molecule has 3 aromatic heterocycles. The van der Waals surface area contributed by atoms with Crippen LogP contribution in [0.2, 0.25) is 0 Å². The smallest absolute Gasteiger partial charge is 0.266 e. The molecule has 4 rings (SSSR count). The molecule has 3 aromatic rings. The summed E-state index contributed by atoms with van der Waals surface area (Å²) in [6.45, 7) is 5.24. The zero-order valence-corrected chi connectivity index (χ0v) is 14.6. The summed E-state index contributed by atoms with van der Waals surface area (Å²) in [5, 5.41) is 4.52. The number of aromatic nitrogens is 5. The number of pyridine rings is 1. The first-order valence-electron chi connectivity index (χ1n) is 8.67. The van der Waals surface area contributed by atoms with Gasteiger partial charge < -0.3 is 0 Å². The van der Waals surface area contributed by atoms with Crippen LogP contribution < -0.4 is 5.56 Å². The summed E-state index contributed by atoms with van der Waals surface area (Å²) in [5.74, 6) is 1.22. The monoisotopic (exact) mass is 348 g/mol. The quantitative estimate of drug-likeness (QED) is 0.696. The van der Waals surface area contributed by atoms with Gasteiger partial charge in [-0.3, -0.25) is 14.7 Å². The van der Waals surface area contributed by atoms with Crippen molar-refractivity contribution in [1.29, 1.82) is 0 Å². The molecule has 1 aliphatic heterocycles. The molecule has 4 heterocycles. The van der Waals surface area contributed by atoms with Gasteiger partial charge in [0.05, 0.1) is 17.9 Å². The van der Waals surface area contributed by atoms with E-state index in [-0.39, 0.29) is 5.56 Å². The molecular weight excluding hydrogens is 328 g/mol. The van der Waals surface area contributed by atoms with Crippen LogP contribution in [0.15, 0.2) is 53.7 Å². The third-order valence-corrected chi connectivity index (χ3v) is 4.53. The van der Waals surface area contributed by atoms with E-state index in [1.807, 2.05) is 25.1 Å². The number of likely N-dealkylation sites (tertiary alicyclic amines) is 1. The van der Waals surface area contributed by atoms with E-state index in [2.05, 4.69) is 25.0 Å². The maximum absolute atomic E-state index is 12.1. The van der Waals surface area contributed by atoms with Gasteiger partial charge in [0.2, 0.25) is 0 Å². The Bertz CT molecular complexity index is 949. The van der Waals surface area contributed by atoms with Crippen molar-refractivity contribution in [2.45, 2.75) is 20.0 Å². The van der Waals surface area contributed by atoms with Gasteiger partial charge in [-0.25, -0.2) is 14.6 Å². The zero-order chi connectivity index (χ0) is 17.9. The molecular formula is C19H20N6O. The van der Waals surface area contributed by atoms with E-state index in [0.717, 1.165) is 42.4 Å². The SMILES string of the molecule is Cc1nccc(CN2CC(Cn3nc(-c4ccncc4)ccc3=O)C2)n1. The third kappa shape index (κ3) is 3.67. The molecule has 0 aliphatic carbocycles. The lowest BCUT2D eigenvalue weighted by molar-refractivity contribution is 0.0754. The van der Waals surface area contributed by atoms with Crippen LogP contribution in [0.25, 0.3) is 11.3 Å². The minimum atomic E-state index is -0.0623. The highest BCUT2D eigenvalue weighted by Crippen LogP contribution is 2.20. The maximum Gasteiger partial charge on any atom is 0.266 e. The molecule has 0 bridgehead atoms. The van der Waals surface area contributed by atoms with E-state index in [1.165, 1.54) is 0 Å². The highest BCUT2D eigenvalue weighted by atomic mass is 16.1. The number of hydrogen-bond donors (Lipinski definition) is 0. The minimum Gasteiger partial charge on any atom is -0.297 e. The second-order valence-electron chi connectivity index (χ2n) is 6.63. The Morgan fingerprint density at radius 3 is 2.65 bits per heavy atom. The zero-order valence-electron chi connectivity index (χ0n) is 14.6. The molecule has 1 saturated heterocycles. The van der Waals surface area contributed by atoms with Crippen molar-refractivity contribution in [3.63, 3.8) is 0 Å². The number of rotatable bonds is 5. The molecule has 0 spiro atoms. The van der Waals surface area contributed by atoms with Gasteiger partial charge in [-0.15, -0.1) is 0 Å². The molecule has 0 unspecified atom stereocenters. The highest BCUT2D eigenvalue weighted by molar-refractivity contribution is 5.56. The Hall–Kier alpha value is -2.93. The second-order valence-corrected chi connectivity index (χ2v) is 6.63. The van der Waals surface area contributed by atoms with Crippen molar-refractivity contribution in [2.24, 2.45) is 5.92 Å². The van der Waals surface area contributed by atoms with Crippen LogP contribution >= 0.6 is 0 Å². The predicted octanol–water partition coefficient (Wildman–Crippen LogP) is 1.54.